The van der Waals surface area contributed by atoms with Crippen LogP contribution in [0.15, 0.2) is 22.7 Å². The Kier molecular flexibility index (Phi) is 3.55. The molecule has 0 aliphatic carbocycles. The van der Waals surface area contributed by atoms with E-state index in [0.717, 1.165) is 0 Å². The highest BCUT2D eigenvalue weighted by atomic mass is 79.9. The number of halogens is 1. The quantitative estimate of drug-likeness (QED) is 0.873. The van der Waals surface area contributed by atoms with Crippen molar-refractivity contribution in [2.45, 2.75) is 19.4 Å². The minimum absolute atomic E-state index is 0.0117. The Labute approximate surface area is 102 Å². The number of amides is 1. The average Bonchev–Trinajstić information content (AvgIpc) is 2.21. The molecule has 84 valence electrons. The third-order valence-electron chi connectivity index (χ3n) is 1.91. The number of hydrogen-bond donors (Lipinski definition) is 2. The van der Waals surface area contributed by atoms with Crippen LogP contribution in [0.3, 0.4) is 0 Å². The number of benzene rings is 1. The first-order valence-corrected chi connectivity index (χ1v) is 5.37. The third kappa shape index (κ3) is 2.97. The monoisotopic (exact) mass is 282 g/mol. The van der Waals surface area contributed by atoms with E-state index in [4.69, 9.17) is 5.26 Å². The van der Waals surface area contributed by atoms with Gasteiger partial charge in [-0.3, -0.25) is 4.79 Å². The van der Waals surface area contributed by atoms with Gasteiger partial charge < -0.3 is 10.4 Å². The zero-order chi connectivity index (χ0) is 12.3. The van der Waals surface area contributed by atoms with Gasteiger partial charge in [0.15, 0.2) is 0 Å². The van der Waals surface area contributed by atoms with Crippen LogP contribution < -0.4 is 5.32 Å². The summed E-state index contributed by atoms with van der Waals surface area (Å²) in [7, 11) is 0. The molecule has 1 aromatic carbocycles. The Hall–Kier alpha value is -1.54. The smallest absolute Gasteiger partial charge is 0.252 e. The fourth-order valence-electron chi connectivity index (χ4n) is 1.04. The molecule has 16 heavy (non-hydrogen) atoms. The molecule has 0 aliphatic heterocycles. The van der Waals surface area contributed by atoms with E-state index in [2.05, 4.69) is 21.2 Å². The molecule has 0 radical (unpaired) electrons. The van der Waals surface area contributed by atoms with E-state index in [1.807, 2.05) is 6.07 Å². The Morgan fingerprint density at radius 1 is 1.56 bits per heavy atom. The number of phenols is 1. The molecule has 0 saturated carbocycles. The number of nitrogens with zero attached hydrogens (tertiary/aromatic N) is 1. The predicted octanol–water partition coefficient (Wildman–Crippen LogP) is 2.19. The molecule has 1 amide bonds. The molecule has 1 aromatic rings. The summed E-state index contributed by atoms with van der Waals surface area (Å²) in [5.74, 6) is -0.406. The summed E-state index contributed by atoms with van der Waals surface area (Å²) in [5, 5.41) is 20.7. The SMILES string of the molecule is CC(C)(C#N)NC(=O)c1ccc(Br)c(O)c1. The maximum atomic E-state index is 11.7. The highest BCUT2D eigenvalue weighted by Crippen LogP contribution is 2.24. The number of hydrogen-bond acceptors (Lipinski definition) is 3. The molecule has 0 spiro atoms. The average molecular weight is 283 g/mol. The molecular formula is C11H11BrN2O2. The van der Waals surface area contributed by atoms with Crippen molar-refractivity contribution in [2.24, 2.45) is 0 Å². The zero-order valence-electron chi connectivity index (χ0n) is 8.91. The fraction of sp³-hybridized carbons (Fsp3) is 0.273. The van der Waals surface area contributed by atoms with Crippen molar-refractivity contribution in [3.63, 3.8) is 0 Å². The summed E-state index contributed by atoms with van der Waals surface area (Å²) >= 11 is 3.12. The van der Waals surface area contributed by atoms with Crippen molar-refractivity contribution in [1.29, 1.82) is 5.26 Å². The lowest BCUT2D eigenvalue weighted by Crippen LogP contribution is -2.42. The van der Waals surface area contributed by atoms with Gasteiger partial charge in [0.2, 0.25) is 0 Å². The molecule has 0 aliphatic rings. The number of phenolic OH excluding ortho intramolecular Hbond substituents is 1. The van der Waals surface area contributed by atoms with Crippen LogP contribution in [-0.2, 0) is 0 Å². The zero-order valence-corrected chi connectivity index (χ0v) is 10.5. The lowest BCUT2D eigenvalue weighted by atomic mass is 10.1. The molecule has 0 unspecified atom stereocenters. The molecule has 0 bridgehead atoms. The van der Waals surface area contributed by atoms with Crippen LogP contribution in [0, 0.1) is 11.3 Å². The van der Waals surface area contributed by atoms with Gasteiger partial charge >= 0.3 is 0 Å². The number of nitrogens with one attached hydrogen (secondary N) is 1. The number of rotatable bonds is 2. The van der Waals surface area contributed by atoms with Crippen molar-refractivity contribution < 1.29 is 9.90 Å². The van der Waals surface area contributed by atoms with Gasteiger partial charge in [0.1, 0.15) is 11.3 Å². The van der Waals surface area contributed by atoms with Crippen LogP contribution in [0.5, 0.6) is 5.75 Å². The summed E-state index contributed by atoms with van der Waals surface area (Å²) in [6, 6.07) is 6.44. The maximum Gasteiger partial charge on any atom is 0.252 e. The molecule has 5 heteroatoms. The van der Waals surface area contributed by atoms with Crippen molar-refractivity contribution in [3.8, 4) is 11.8 Å². The first-order valence-electron chi connectivity index (χ1n) is 4.58. The molecule has 0 atom stereocenters. The topological polar surface area (TPSA) is 73.1 Å². The summed E-state index contributed by atoms with van der Waals surface area (Å²) in [4.78, 5) is 11.7. The maximum absolute atomic E-state index is 11.7. The van der Waals surface area contributed by atoms with Gasteiger partial charge in [0, 0.05) is 5.56 Å². The molecule has 0 fully saturated rings. The minimum atomic E-state index is -0.931. The summed E-state index contributed by atoms with van der Waals surface area (Å²) in [6.45, 7) is 3.20. The molecule has 1 rings (SSSR count). The van der Waals surface area contributed by atoms with E-state index in [1.165, 1.54) is 6.07 Å². The highest BCUT2D eigenvalue weighted by Gasteiger charge is 2.20. The van der Waals surface area contributed by atoms with E-state index in [0.29, 0.717) is 10.0 Å². The van der Waals surface area contributed by atoms with Crippen LogP contribution in [0.1, 0.15) is 24.2 Å². The molecule has 0 heterocycles. The second-order valence-electron chi connectivity index (χ2n) is 3.86. The van der Waals surface area contributed by atoms with Crippen molar-refractivity contribution in [2.75, 3.05) is 0 Å². The van der Waals surface area contributed by atoms with Crippen LogP contribution in [0.2, 0.25) is 0 Å². The second-order valence-corrected chi connectivity index (χ2v) is 4.71. The van der Waals surface area contributed by atoms with E-state index in [-0.39, 0.29) is 5.75 Å². The number of carbonyl (C=O) groups excluding carboxylic acids is 1. The first kappa shape index (κ1) is 12.5. The van der Waals surface area contributed by atoms with Crippen molar-refractivity contribution in [3.05, 3.63) is 28.2 Å². The van der Waals surface area contributed by atoms with Crippen molar-refractivity contribution in [1.82, 2.24) is 5.32 Å². The number of carbonyl (C=O) groups is 1. The van der Waals surface area contributed by atoms with Gasteiger partial charge in [-0.25, -0.2) is 0 Å². The number of aromatic hydroxyl groups is 1. The van der Waals surface area contributed by atoms with Gasteiger partial charge in [-0.05, 0) is 48.0 Å². The van der Waals surface area contributed by atoms with E-state index < -0.39 is 11.4 Å². The lowest BCUT2D eigenvalue weighted by Gasteiger charge is -2.17. The van der Waals surface area contributed by atoms with Crippen LogP contribution >= 0.6 is 15.9 Å². The molecular weight excluding hydrogens is 272 g/mol. The lowest BCUT2D eigenvalue weighted by molar-refractivity contribution is 0.0929. The van der Waals surface area contributed by atoms with Gasteiger partial charge in [-0.15, -0.1) is 0 Å². The molecule has 0 aromatic heterocycles. The molecule has 0 saturated heterocycles. The van der Waals surface area contributed by atoms with E-state index in [9.17, 15) is 9.90 Å². The Morgan fingerprint density at radius 2 is 2.19 bits per heavy atom. The highest BCUT2D eigenvalue weighted by molar-refractivity contribution is 9.10. The minimum Gasteiger partial charge on any atom is -0.507 e. The summed E-state index contributed by atoms with van der Waals surface area (Å²) in [5.41, 5.74) is -0.621. The Bertz CT molecular complexity index is 464. The molecule has 2 N–H and O–H groups in total. The van der Waals surface area contributed by atoms with Gasteiger partial charge in [-0.2, -0.15) is 5.26 Å². The van der Waals surface area contributed by atoms with Gasteiger partial charge in [0.05, 0.1) is 10.5 Å². The van der Waals surface area contributed by atoms with E-state index in [1.54, 1.807) is 26.0 Å². The first-order chi connectivity index (χ1) is 7.35. The van der Waals surface area contributed by atoms with E-state index >= 15 is 0 Å². The fourth-order valence-corrected chi connectivity index (χ4v) is 1.28. The normalized spacial score (nSPS) is 10.6. The van der Waals surface area contributed by atoms with Crippen molar-refractivity contribution >= 4 is 21.8 Å². The summed E-state index contributed by atoms with van der Waals surface area (Å²) < 4.78 is 0.517. The second kappa shape index (κ2) is 4.54. The van der Waals surface area contributed by atoms with Crippen LogP contribution in [0.25, 0.3) is 0 Å². The Balaban J connectivity index is 2.91. The Morgan fingerprint density at radius 3 is 2.69 bits per heavy atom. The summed E-state index contributed by atoms with van der Waals surface area (Å²) in [6.07, 6.45) is 0. The van der Waals surface area contributed by atoms with Gasteiger partial charge in [-0.1, -0.05) is 0 Å². The number of nitriles is 1. The standard InChI is InChI=1S/C11H11BrN2O2/c1-11(2,6-13)14-10(16)7-3-4-8(12)9(15)5-7/h3-5,15H,1-2H3,(H,14,16). The van der Waals surface area contributed by atoms with Crippen LogP contribution in [-0.4, -0.2) is 16.6 Å². The predicted molar refractivity (Wildman–Crippen MR) is 63.0 cm³/mol. The van der Waals surface area contributed by atoms with Crippen LogP contribution in [0.4, 0.5) is 0 Å². The largest absolute Gasteiger partial charge is 0.507 e. The van der Waals surface area contributed by atoms with Gasteiger partial charge in [0.25, 0.3) is 5.91 Å². The third-order valence-corrected chi connectivity index (χ3v) is 2.58. The molecule has 4 nitrogen and oxygen atoms in total.